The van der Waals surface area contributed by atoms with Crippen LogP contribution in [-0.4, -0.2) is 43.2 Å². The van der Waals surface area contributed by atoms with Crippen LogP contribution in [0, 0.1) is 0 Å². The van der Waals surface area contributed by atoms with Crippen molar-refractivity contribution < 1.29 is 14.3 Å². The van der Waals surface area contributed by atoms with Gasteiger partial charge in [0.05, 0.1) is 18.1 Å². The first-order valence-electron chi connectivity index (χ1n) is 7.67. The maximum absolute atomic E-state index is 12.7. The highest BCUT2D eigenvalue weighted by Gasteiger charge is 2.28. The Morgan fingerprint density at radius 1 is 1.48 bits per heavy atom. The van der Waals surface area contributed by atoms with E-state index in [0.29, 0.717) is 6.04 Å². The lowest BCUT2D eigenvalue weighted by atomic mass is 9.99. The Bertz CT molecular complexity index is 458. The summed E-state index contributed by atoms with van der Waals surface area (Å²) in [6.07, 6.45) is 4.54. The number of nitrogens with zero attached hydrogens (tertiary/aromatic N) is 1. The molecule has 2 heterocycles. The van der Waals surface area contributed by atoms with Crippen molar-refractivity contribution >= 4 is 17.2 Å². The summed E-state index contributed by atoms with van der Waals surface area (Å²) in [5.74, 6) is 0.901. The van der Waals surface area contributed by atoms with Crippen LogP contribution in [0.3, 0.4) is 0 Å². The van der Waals surface area contributed by atoms with Gasteiger partial charge >= 0.3 is 0 Å². The van der Waals surface area contributed by atoms with Gasteiger partial charge in [0.15, 0.2) is 0 Å². The summed E-state index contributed by atoms with van der Waals surface area (Å²) >= 11 is 1.46. The fourth-order valence-corrected chi connectivity index (χ4v) is 3.50. The van der Waals surface area contributed by atoms with Crippen LogP contribution < -0.4 is 4.74 Å². The van der Waals surface area contributed by atoms with Gasteiger partial charge < -0.3 is 14.4 Å². The van der Waals surface area contributed by atoms with E-state index in [4.69, 9.17) is 9.47 Å². The molecule has 1 atom stereocenters. The van der Waals surface area contributed by atoms with Crippen molar-refractivity contribution in [1.82, 2.24) is 4.90 Å². The Hall–Kier alpha value is -1.07. The molecule has 5 heteroatoms. The zero-order valence-electron chi connectivity index (χ0n) is 13.1. The molecule has 1 aliphatic rings. The van der Waals surface area contributed by atoms with Gasteiger partial charge in [0.2, 0.25) is 0 Å². The van der Waals surface area contributed by atoms with E-state index in [2.05, 4.69) is 0 Å². The molecule has 1 saturated heterocycles. The minimum atomic E-state index is 0.137. The highest BCUT2D eigenvalue weighted by atomic mass is 32.1. The summed E-state index contributed by atoms with van der Waals surface area (Å²) in [6, 6.07) is 2.14. The lowest BCUT2D eigenvalue weighted by Crippen LogP contribution is -2.44. The molecule has 0 aliphatic carbocycles. The summed E-state index contributed by atoms with van der Waals surface area (Å²) in [4.78, 5) is 15.5. The molecular formula is C16H25NO3S. The molecule has 0 bridgehead atoms. The summed E-state index contributed by atoms with van der Waals surface area (Å²) < 4.78 is 10.8. The normalized spacial score (nSPS) is 19.0. The highest BCUT2D eigenvalue weighted by molar-refractivity contribution is 7.12. The smallest absolute Gasteiger partial charge is 0.264 e. The van der Waals surface area contributed by atoms with E-state index in [9.17, 15) is 4.79 Å². The number of carbonyl (C=O) groups is 1. The molecule has 1 fully saturated rings. The number of carbonyl (C=O) groups excluding carboxylic acids is 1. The lowest BCUT2D eigenvalue weighted by molar-refractivity contribution is 0.0401. The molecule has 0 radical (unpaired) electrons. The van der Waals surface area contributed by atoms with Crippen molar-refractivity contribution in [2.24, 2.45) is 0 Å². The molecule has 0 spiro atoms. The summed E-state index contributed by atoms with van der Waals surface area (Å²) in [5, 5.41) is 1.88. The second-order valence-electron chi connectivity index (χ2n) is 5.71. The lowest BCUT2D eigenvalue weighted by Gasteiger charge is -2.35. The SMILES string of the molecule is COc1csc(C(=O)N2CCCC[C@H]2CCOC(C)C)c1. The van der Waals surface area contributed by atoms with Gasteiger partial charge in [-0.05, 0) is 39.5 Å². The highest BCUT2D eigenvalue weighted by Crippen LogP contribution is 2.27. The maximum atomic E-state index is 12.7. The van der Waals surface area contributed by atoms with Gasteiger partial charge in [-0.15, -0.1) is 11.3 Å². The van der Waals surface area contributed by atoms with Crippen molar-refractivity contribution in [3.05, 3.63) is 16.3 Å². The Labute approximate surface area is 131 Å². The number of ether oxygens (including phenoxy) is 2. The van der Waals surface area contributed by atoms with Gasteiger partial charge in [-0.3, -0.25) is 4.79 Å². The molecule has 118 valence electrons. The van der Waals surface area contributed by atoms with Crippen LogP contribution in [0.5, 0.6) is 5.75 Å². The molecule has 0 aromatic carbocycles. The average Bonchev–Trinajstić information content (AvgIpc) is 2.95. The van der Waals surface area contributed by atoms with E-state index in [1.54, 1.807) is 7.11 Å². The third kappa shape index (κ3) is 4.45. The van der Waals surface area contributed by atoms with Gasteiger partial charge in [-0.25, -0.2) is 0 Å². The number of likely N-dealkylation sites (tertiary alicyclic amines) is 1. The fraction of sp³-hybridized carbons (Fsp3) is 0.688. The molecule has 21 heavy (non-hydrogen) atoms. The molecule has 0 N–H and O–H groups in total. The van der Waals surface area contributed by atoms with Crippen molar-refractivity contribution in [3.8, 4) is 5.75 Å². The van der Waals surface area contributed by atoms with Gasteiger partial charge in [0.1, 0.15) is 5.75 Å². The molecule has 1 aromatic rings. The van der Waals surface area contributed by atoms with Crippen LogP contribution in [0.1, 0.15) is 49.2 Å². The van der Waals surface area contributed by atoms with E-state index in [0.717, 1.165) is 43.0 Å². The van der Waals surface area contributed by atoms with Crippen LogP contribution in [0.15, 0.2) is 11.4 Å². The van der Waals surface area contributed by atoms with Crippen molar-refractivity contribution in [3.63, 3.8) is 0 Å². The van der Waals surface area contributed by atoms with E-state index in [-0.39, 0.29) is 12.0 Å². The second-order valence-corrected chi connectivity index (χ2v) is 6.62. The second kappa shape index (κ2) is 7.80. The monoisotopic (exact) mass is 311 g/mol. The predicted octanol–water partition coefficient (Wildman–Crippen LogP) is 3.57. The molecule has 2 rings (SSSR count). The van der Waals surface area contributed by atoms with Gasteiger partial charge in [0, 0.05) is 30.6 Å². The molecule has 0 saturated carbocycles. The first-order valence-corrected chi connectivity index (χ1v) is 8.55. The Morgan fingerprint density at radius 2 is 2.29 bits per heavy atom. The first-order chi connectivity index (χ1) is 10.1. The predicted molar refractivity (Wildman–Crippen MR) is 85.3 cm³/mol. The zero-order chi connectivity index (χ0) is 15.2. The van der Waals surface area contributed by atoms with E-state index in [1.807, 2.05) is 30.2 Å². The number of thiophene rings is 1. The number of hydrogen-bond acceptors (Lipinski definition) is 4. The number of hydrogen-bond donors (Lipinski definition) is 0. The molecule has 4 nitrogen and oxygen atoms in total. The number of rotatable bonds is 6. The Balaban J connectivity index is 1.98. The quantitative estimate of drug-likeness (QED) is 0.806. The first kappa shape index (κ1) is 16.3. The molecule has 1 aromatic heterocycles. The van der Waals surface area contributed by atoms with Gasteiger partial charge in [0.25, 0.3) is 5.91 Å². The third-order valence-corrected chi connectivity index (χ3v) is 4.71. The minimum Gasteiger partial charge on any atom is -0.496 e. The number of methoxy groups -OCH3 is 1. The zero-order valence-corrected chi connectivity index (χ0v) is 13.9. The number of amides is 1. The number of piperidine rings is 1. The van der Waals surface area contributed by atoms with Crippen LogP contribution >= 0.6 is 11.3 Å². The fourth-order valence-electron chi connectivity index (χ4n) is 2.69. The molecular weight excluding hydrogens is 286 g/mol. The van der Waals surface area contributed by atoms with Gasteiger partial charge in [-0.2, -0.15) is 0 Å². The van der Waals surface area contributed by atoms with E-state index in [1.165, 1.54) is 17.8 Å². The molecule has 1 aliphatic heterocycles. The van der Waals surface area contributed by atoms with E-state index < -0.39 is 0 Å². The van der Waals surface area contributed by atoms with Crippen molar-refractivity contribution in [2.45, 2.75) is 51.7 Å². The molecule has 1 amide bonds. The summed E-state index contributed by atoms with van der Waals surface area (Å²) in [6.45, 7) is 5.66. The average molecular weight is 311 g/mol. The topological polar surface area (TPSA) is 38.8 Å². The van der Waals surface area contributed by atoms with Crippen molar-refractivity contribution in [1.29, 1.82) is 0 Å². The van der Waals surface area contributed by atoms with Crippen molar-refractivity contribution in [2.75, 3.05) is 20.3 Å². The van der Waals surface area contributed by atoms with E-state index >= 15 is 0 Å². The van der Waals surface area contributed by atoms with Crippen LogP contribution in [0.2, 0.25) is 0 Å². The van der Waals surface area contributed by atoms with Gasteiger partial charge in [-0.1, -0.05) is 0 Å². The largest absolute Gasteiger partial charge is 0.496 e. The Kier molecular flexibility index (Phi) is 6.06. The summed E-state index contributed by atoms with van der Waals surface area (Å²) in [5.41, 5.74) is 0. The molecule has 0 unspecified atom stereocenters. The third-order valence-electron chi connectivity index (χ3n) is 3.81. The minimum absolute atomic E-state index is 0.137. The maximum Gasteiger partial charge on any atom is 0.264 e. The summed E-state index contributed by atoms with van der Waals surface area (Å²) in [7, 11) is 1.63. The standard InChI is InChI=1S/C16H25NO3S/c1-12(2)20-9-7-13-6-4-5-8-17(13)16(18)15-10-14(19-3)11-21-15/h10-13H,4-9H2,1-3H3/t13-/m0/s1. The van der Waals surface area contributed by atoms with Crippen LogP contribution in [0.25, 0.3) is 0 Å². The Morgan fingerprint density at radius 3 is 2.95 bits per heavy atom. The van der Waals surface area contributed by atoms with Crippen LogP contribution in [0.4, 0.5) is 0 Å². The van der Waals surface area contributed by atoms with Crippen LogP contribution in [-0.2, 0) is 4.74 Å².